The average Bonchev–Trinajstić information content (AvgIpc) is 2.84. The molecule has 0 spiro atoms. The molecule has 4 nitrogen and oxygen atoms in total. The second kappa shape index (κ2) is 5.32. The van der Waals surface area contributed by atoms with Crippen LogP contribution in [0.3, 0.4) is 0 Å². The van der Waals surface area contributed by atoms with E-state index in [4.69, 9.17) is 4.42 Å². The van der Waals surface area contributed by atoms with Crippen molar-refractivity contribution in [2.45, 2.75) is 18.9 Å². The molecule has 0 saturated heterocycles. The van der Waals surface area contributed by atoms with Gasteiger partial charge in [0.25, 0.3) is 0 Å². The number of hydrogen-bond donors (Lipinski definition) is 1. The third-order valence-corrected chi connectivity index (χ3v) is 4.04. The van der Waals surface area contributed by atoms with Gasteiger partial charge in [0.2, 0.25) is 0 Å². The molecule has 1 aliphatic rings. The van der Waals surface area contributed by atoms with Crippen molar-refractivity contribution in [3.05, 3.63) is 52.4 Å². The molecule has 0 saturated carbocycles. The highest BCUT2D eigenvalue weighted by Crippen LogP contribution is 2.36. The van der Waals surface area contributed by atoms with Crippen LogP contribution in [-0.2, 0) is 11.3 Å². The van der Waals surface area contributed by atoms with Crippen LogP contribution in [0.5, 0.6) is 0 Å². The number of benzene rings is 1. The summed E-state index contributed by atoms with van der Waals surface area (Å²) in [4.78, 5) is 13.5. The van der Waals surface area contributed by atoms with Gasteiger partial charge in [0, 0.05) is 12.2 Å². The lowest BCUT2D eigenvalue weighted by atomic mass is 9.90. The van der Waals surface area contributed by atoms with Crippen LogP contribution in [0.1, 0.15) is 23.7 Å². The molecule has 1 atom stereocenters. The summed E-state index contributed by atoms with van der Waals surface area (Å²) in [6.07, 6.45) is 0.619. The van der Waals surface area contributed by atoms with Gasteiger partial charge in [-0.3, -0.25) is 4.79 Å². The number of carboxylic acids is 1. The maximum atomic E-state index is 11.3. The Hall–Kier alpha value is -1.75. The highest BCUT2D eigenvalue weighted by Gasteiger charge is 2.29. The van der Waals surface area contributed by atoms with Gasteiger partial charge in [-0.25, -0.2) is 0 Å². The summed E-state index contributed by atoms with van der Waals surface area (Å²) in [5.41, 5.74) is 1.87. The smallest absolute Gasteiger partial charge is 0.311 e. The van der Waals surface area contributed by atoms with Crippen LogP contribution < -0.4 is 4.90 Å². The summed E-state index contributed by atoms with van der Waals surface area (Å²) in [5, 5.41) is 9.32. The normalized spacial score (nSPS) is 17.9. The zero-order valence-electron chi connectivity index (χ0n) is 10.8. The number of hydrogen-bond acceptors (Lipinski definition) is 3. The van der Waals surface area contributed by atoms with E-state index in [1.54, 1.807) is 0 Å². The summed E-state index contributed by atoms with van der Waals surface area (Å²) in [6, 6.07) is 11.5. The first kappa shape index (κ1) is 13.2. The van der Waals surface area contributed by atoms with E-state index in [2.05, 4.69) is 20.8 Å². The molecule has 3 rings (SSSR count). The first-order valence-electron chi connectivity index (χ1n) is 6.46. The molecule has 2 heterocycles. The largest absolute Gasteiger partial charge is 0.481 e. The second-order valence-electron chi connectivity index (χ2n) is 4.87. The maximum Gasteiger partial charge on any atom is 0.311 e. The van der Waals surface area contributed by atoms with Gasteiger partial charge in [0.1, 0.15) is 5.76 Å². The van der Waals surface area contributed by atoms with E-state index in [9.17, 15) is 9.90 Å². The van der Waals surface area contributed by atoms with Crippen molar-refractivity contribution in [3.8, 4) is 0 Å². The number of anilines is 1. The predicted octanol–water partition coefficient (Wildman–Crippen LogP) is 3.62. The minimum absolute atomic E-state index is 0.411. The van der Waals surface area contributed by atoms with E-state index in [0.29, 0.717) is 24.2 Å². The summed E-state index contributed by atoms with van der Waals surface area (Å²) in [6.45, 7) is 1.36. The summed E-state index contributed by atoms with van der Waals surface area (Å²) < 4.78 is 6.24. The van der Waals surface area contributed by atoms with Gasteiger partial charge in [-0.1, -0.05) is 18.2 Å². The van der Waals surface area contributed by atoms with Crippen molar-refractivity contribution in [2.24, 2.45) is 0 Å². The number of para-hydroxylation sites is 1. The van der Waals surface area contributed by atoms with E-state index >= 15 is 0 Å². The average molecular weight is 336 g/mol. The molecule has 0 amide bonds. The molecule has 1 N–H and O–H groups in total. The quantitative estimate of drug-likeness (QED) is 0.930. The molecule has 20 heavy (non-hydrogen) atoms. The van der Waals surface area contributed by atoms with E-state index in [-0.39, 0.29) is 0 Å². The van der Waals surface area contributed by atoms with E-state index in [0.717, 1.165) is 17.0 Å². The number of halogens is 1. The molecule has 1 aliphatic heterocycles. The SMILES string of the molecule is O=C(O)C1CCN(Cc2ccc(Br)o2)c2ccccc21. The fourth-order valence-electron chi connectivity index (χ4n) is 2.68. The van der Waals surface area contributed by atoms with Crippen LogP contribution >= 0.6 is 15.9 Å². The Balaban J connectivity index is 1.90. The van der Waals surface area contributed by atoms with E-state index in [1.165, 1.54) is 0 Å². The third kappa shape index (κ3) is 2.45. The Labute approximate surface area is 125 Å². The highest BCUT2D eigenvalue weighted by molar-refractivity contribution is 9.10. The molecule has 5 heteroatoms. The fraction of sp³-hybridized carbons (Fsp3) is 0.267. The monoisotopic (exact) mass is 335 g/mol. The van der Waals surface area contributed by atoms with Crippen LogP contribution in [0.15, 0.2) is 45.5 Å². The Bertz CT molecular complexity index is 638. The minimum Gasteiger partial charge on any atom is -0.481 e. The molecule has 1 aromatic carbocycles. The molecule has 1 unspecified atom stereocenters. The molecule has 0 fully saturated rings. The molecular weight excluding hydrogens is 322 g/mol. The van der Waals surface area contributed by atoms with Crippen molar-refractivity contribution < 1.29 is 14.3 Å². The zero-order chi connectivity index (χ0) is 14.1. The number of rotatable bonds is 3. The van der Waals surface area contributed by atoms with Crippen LogP contribution in [0.4, 0.5) is 5.69 Å². The number of nitrogens with zero attached hydrogens (tertiary/aromatic N) is 1. The van der Waals surface area contributed by atoms with E-state index < -0.39 is 11.9 Å². The first-order chi connectivity index (χ1) is 9.65. The summed E-state index contributed by atoms with van der Waals surface area (Å²) >= 11 is 3.29. The Morgan fingerprint density at radius 2 is 2.15 bits per heavy atom. The molecule has 104 valence electrons. The lowest BCUT2D eigenvalue weighted by Crippen LogP contribution is -2.32. The first-order valence-corrected chi connectivity index (χ1v) is 7.25. The van der Waals surface area contributed by atoms with Gasteiger partial charge in [-0.05, 0) is 46.1 Å². The topological polar surface area (TPSA) is 53.7 Å². The molecule has 0 aliphatic carbocycles. The molecule has 1 aromatic heterocycles. The number of carboxylic acid groups (broad SMARTS) is 1. The Kier molecular flexibility index (Phi) is 3.53. The van der Waals surface area contributed by atoms with Gasteiger partial charge in [0.05, 0.1) is 12.5 Å². The van der Waals surface area contributed by atoms with Gasteiger partial charge >= 0.3 is 5.97 Å². The van der Waals surface area contributed by atoms with Crippen LogP contribution in [-0.4, -0.2) is 17.6 Å². The van der Waals surface area contributed by atoms with Crippen LogP contribution in [0.25, 0.3) is 0 Å². The molecular formula is C15H14BrNO3. The van der Waals surface area contributed by atoms with Crippen molar-refractivity contribution in [3.63, 3.8) is 0 Å². The summed E-state index contributed by atoms with van der Waals surface area (Å²) in [5.74, 6) is -0.302. The lowest BCUT2D eigenvalue weighted by Gasteiger charge is -2.33. The fourth-order valence-corrected chi connectivity index (χ4v) is 3.02. The Morgan fingerprint density at radius 3 is 2.85 bits per heavy atom. The van der Waals surface area contributed by atoms with Gasteiger partial charge < -0.3 is 14.4 Å². The predicted molar refractivity (Wildman–Crippen MR) is 78.9 cm³/mol. The molecule has 0 radical (unpaired) electrons. The number of furan rings is 1. The van der Waals surface area contributed by atoms with Gasteiger partial charge in [-0.15, -0.1) is 0 Å². The van der Waals surface area contributed by atoms with Gasteiger partial charge in [-0.2, -0.15) is 0 Å². The standard InChI is InChI=1S/C15H14BrNO3/c16-14-6-5-10(20-14)9-17-8-7-12(15(18)19)11-3-1-2-4-13(11)17/h1-6,12H,7-9H2,(H,18,19). The van der Waals surface area contributed by atoms with Crippen molar-refractivity contribution >= 4 is 27.6 Å². The number of aliphatic carboxylic acids is 1. The van der Waals surface area contributed by atoms with Crippen LogP contribution in [0.2, 0.25) is 0 Å². The third-order valence-electron chi connectivity index (χ3n) is 3.61. The highest BCUT2D eigenvalue weighted by atomic mass is 79.9. The molecule has 0 bridgehead atoms. The number of fused-ring (bicyclic) bond motifs is 1. The lowest BCUT2D eigenvalue weighted by molar-refractivity contribution is -0.139. The second-order valence-corrected chi connectivity index (χ2v) is 5.65. The molecule has 2 aromatic rings. The maximum absolute atomic E-state index is 11.3. The van der Waals surface area contributed by atoms with E-state index in [1.807, 2.05) is 36.4 Å². The number of carbonyl (C=O) groups is 1. The van der Waals surface area contributed by atoms with Crippen LogP contribution in [0, 0.1) is 0 Å². The van der Waals surface area contributed by atoms with Crippen molar-refractivity contribution in [1.82, 2.24) is 0 Å². The van der Waals surface area contributed by atoms with Gasteiger partial charge in [0.15, 0.2) is 4.67 Å². The van der Waals surface area contributed by atoms with Crippen molar-refractivity contribution in [1.29, 1.82) is 0 Å². The zero-order valence-corrected chi connectivity index (χ0v) is 12.3. The summed E-state index contributed by atoms with van der Waals surface area (Å²) in [7, 11) is 0. The van der Waals surface area contributed by atoms with Crippen molar-refractivity contribution in [2.75, 3.05) is 11.4 Å². The minimum atomic E-state index is -0.752. The Morgan fingerprint density at radius 1 is 1.35 bits per heavy atom.